The molecule has 42 heteroatoms. The molecule has 21 rings (SSSR count). The predicted octanol–water partition coefficient (Wildman–Crippen LogP) is 0.209. The molecule has 133 heavy (non-hydrogen) atoms. The summed E-state index contributed by atoms with van der Waals surface area (Å²) in [7, 11) is 0. The van der Waals surface area contributed by atoms with Crippen LogP contribution in [0, 0.1) is 0 Å². The van der Waals surface area contributed by atoms with Crippen molar-refractivity contribution in [3.05, 3.63) is 205 Å². The monoisotopic (exact) mass is 1850 g/mol. The van der Waals surface area contributed by atoms with Crippen molar-refractivity contribution < 1.29 is 157 Å². The Labute approximate surface area is 813 Å². The summed E-state index contributed by atoms with van der Waals surface area (Å²) in [6.45, 7) is -16.6. The fourth-order valence-corrected chi connectivity index (χ4v) is 14.0. The van der Waals surface area contributed by atoms with Gasteiger partial charge >= 0.3 is 0 Å². The summed E-state index contributed by atoms with van der Waals surface area (Å²) in [5.41, 5.74) is 34.9. The van der Waals surface area contributed by atoms with Crippen LogP contribution in [0.15, 0.2) is 127 Å². The minimum atomic E-state index is -3.56. The van der Waals surface area contributed by atoms with Crippen molar-refractivity contribution in [2.24, 2.45) is 0 Å². The number of hydrogen-bond acceptors (Lipinski definition) is 28. The standard InChI is InChI=1S/7C13H13N3O3/c7*14-9-3-1-2-7-8(9)6-16(13(7)19)10-4-5-11(17)15-12(10)18/h7*1-3,10H,4-6,14H2,(H,15,17,18)/t5*10-;;/m11100../s1/i4D2,5D2,6D2,10D;1D,2D,3D,6D2;4D2,5D2,10D;4D2,5D2,6D2,10D;1D,2D,3D,6D2;4D2,5D2,6D2,10D;1D,2D,3D,6D2. The first-order chi connectivity index (χ1) is 79.4. The number of nitrogens with two attached hydrogens (primary N) is 7. The molecule has 7 aromatic carbocycles. The second-order valence-corrected chi connectivity index (χ2v) is 28.7. The average molecular weight is 1860 g/mol. The number of hydrogen-bond donors (Lipinski definition) is 14. The highest BCUT2D eigenvalue weighted by molar-refractivity contribution is 6.13. The first-order valence-electron chi connectivity index (χ1n) is 58.9. The fourth-order valence-electron chi connectivity index (χ4n) is 14.0. The Kier molecular flexibility index (Phi) is 14.9. The van der Waals surface area contributed by atoms with Gasteiger partial charge in [0.25, 0.3) is 41.4 Å². The van der Waals surface area contributed by atoms with Gasteiger partial charge in [-0.25, -0.2) is 0 Å². The van der Waals surface area contributed by atoms with E-state index in [-0.39, 0.29) is 138 Å². The third kappa shape index (κ3) is 18.4. The van der Waals surface area contributed by atoms with Crippen molar-refractivity contribution in [2.45, 2.75) is 177 Å². The van der Waals surface area contributed by atoms with Crippen LogP contribution in [0.3, 0.4) is 0 Å². The van der Waals surface area contributed by atoms with Gasteiger partial charge in [0.05, 0.1) is 34.3 Å². The molecule has 0 bridgehead atoms. The third-order valence-electron chi connectivity index (χ3n) is 20.4. The van der Waals surface area contributed by atoms with Crippen molar-refractivity contribution in [1.29, 1.82) is 0 Å². The molecule has 0 spiro atoms. The number of rotatable bonds is 7. The van der Waals surface area contributed by atoms with Crippen LogP contribution in [0.5, 0.6) is 0 Å². The maximum Gasteiger partial charge on any atom is 0.255 e. The van der Waals surface area contributed by atoms with Crippen molar-refractivity contribution in [3.63, 3.8) is 0 Å². The molecular weight excluding hydrogens is 1720 g/mol. The van der Waals surface area contributed by atoms with E-state index in [1.807, 2.05) is 0 Å². The lowest BCUT2D eigenvalue weighted by Gasteiger charge is -2.29. The number of nitrogen functional groups attached to an aromatic ring is 7. The Morgan fingerprint density at radius 2 is 0.474 bits per heavy atom. The quantitative estimate of drug-likeness (QED) is 0.0749. The van der Waals surface area contributed by atoms with Gasteiger partial charge in [-0.15, -0.1) is 0 Å². The zero-order chi connectivity index (χ0) is 132. The molecule has 21 N–H and O–H groups in total. The Hall–Kier alpha value is -16.6. The Balaban J connectivity index is 0.000000148. The molecule has 0 aromatic heterocycles. The van der Waals surface area contributed by atoms with E-state index in [0.29, 0.717) is 25.2 Å². The third-order valence-corrected chi connectivity index (χ3v) is 20.4. The van der Waals surface area contributed by atoms with Gasteiger partial charge in [-0.2, -0.15) is 0 Å². The molecular formula is C91H91N21O21. The van der Waals surface area contributed by atoms with Crippen LogP contribution in [-0.2, 0) is 113 Å². The SMILES string of the molecule is [2H]C1([2H])C(=O)NC(=O)[C@]([2H])(N2Cc3c(N)cccc3C2=O)C1([2H])[2H].[2H]C1([2H])c2c(N)cccc2C(=O)N1C1([2H])C(=O)NC(=O)C([2H])([2H])C1([2H])[2H].[2H]C1([2H])c2c(N)cccc2C(=O)N1[C@@]1([2H])C(=O)NC(=O)C([2H])([2H])C1([2H])[2H].[2H]C1([2H])c2c(N)cccc2C(=O)N1[C@]1([2H])C(=O)NC(=O)C([2H])([2H])C1([2H])[2H].[2H]c1c([2H])c(N)c2c(c1[2H])C(=O)N(C1CCC(=O)NC1=O)C2([2H])[2H].[2H]c1c([2H])c(N)c2c(c1[2H])C(=O)N([C@@H]1CCC(=O)NC1=O)C2([2H])[2H].[2H]c1c([2H])c(N)c2c(c1[2H])C(=O)N([C@H]1CCC(=O)NC1=O)C2([2H])[2H]. The summed E-state index contributed by atoms with van der Waals surface area (Å²) in [4.78, 5) is 257. The van der Waals surface area contributed by atoms with Crippen LogP contribution in [-0.4, -0.2) is 201 Å². The zero-order valence-electron chi connectivity index (χ0n) is 108. The second kappa shape index (κ2) is 37.6. The normalized spacial score (nSPS) is 34.4. The Bertz CT molecular complexity index is 7880. The summed E-state index contributed by atoms with van der Waals surface area (Å²) >= 11 is 0. The molecule has 2 unspecified atom stereocenters. The molecule has 0 radical (unpaired) electrons. The number of anilines is 7. The maximum atomic E-state index is 12.8. The van der Waals surface area contributed by atoms with Crippen molar-refractivity contribution in [2.75, 3.05) is 40.1 Å². The number of carbonyl (C=O) groups is 21. The lowest BCUT2D eigenvalue weighted by Crippen LogP contribution is -2.52. The molecule has 14 heterocycles. The zero-order valence-corrected chi connectivity index (χ0v) is 67.4. The topological polar surface area (TPSA) is 648 Å². The molecule has 7 aromatic rings. The lowest BCUT2D eigenvalue weighted by molar-refractivity contribution is -0.138. The summed E-state index contributed by atoms with van der Waals surface area (Å²) in [5, 5.41) is 12.4. The molecule has 0 saturated carbocycles. The lowest BCUT2D eigenvalue weighted by atomic mass is 10.0. The van der Waals surface area contributed by atoms with E-state index in [9.17, 15) is 101 Å². The smallest absolute Gasteiger partial charge is 0.255 e. The number of benzene rings is 7. The molecule has 0 aliphatic carbocycles. The van der Waals surface area contributed by atoms with Gasteiger partial charge in [0.1, 0.15) is 42.2 Å². The van der Waals surface area contributed by atoms with E-state index in [1.54, 1.807) is 5.32 Å². The van der Waals surface area contributed by atoms with Crippen LogP contribution in [0.1, 0.15) is 257 Å². The van der Waals surface area contributed by atoms with Gasteiger partial charge in [0, 0.05) is 230 Å². The highest BCUT2D eigenvalue weighted by atomic mass is 16.2. The van der Waals surface area contributed by atoms with Gasteiger partial charge in [-0.3, -0.25) is 138 Å². The average Bonchev–Trinajstić information content (AvgIpc) is 1.49. The molecule has 14 aliphatic rings. The number of imide groups is 7. The van der Waals surface area contributed by atoms with Crippen molar-refractivity contribution in [3.8, 4) is 0 Å². The molecule has 7 atom stereocenters. The van der Waals surface area contributed by atoms with Gasteiger partial charge in [-0.05, 0) is 130 Å². The number of nitrogens with one attached hydrogen (secondary N) is 7. The summed E-state index contributed by atoms with van der Waals surface area (Å²) in [6.07, 6.45) is -27.6. The van der Waals surface area contributed by atoms with Crippen LogP contribution >= 0.6 is 0 Å². The van der Waals surface area contributed by atoms with Crippen molar-refractivity contribution >= 4 is 164 Å². The Morgan fingerprint density at radius 1 is 0.256 bits per heavy atom. The van der Waals surface area contributed by atoms with Crippen molar-refractivity contribution in [1.82, 2.24) is 71.5 Å². The summed E-state index contributed by atoms with van der Waals surface area (Å²) < 4.78 is 327. The molecule has 686 valence electrons. The molecule has 42 nitrogen and oxygen atoms in total. The van der Waals surface area contributed by atoms with E-state index in [0.717, 1.165) is 0 Å². The van der Waals surface area contributed by atoms with Crippen LogP contribution in [0.4, 0.5) is 39.8 Å². The predicted molar refractivity (Wildman–Crippen MR) is 468 cm³/mol. The highest BCUT2D eigenvalue weighted by Crippen LogP contribution is 2.39. The highest BCUT2D eigenvalue weighted by Gasteiger charge is 2.48. The van der Waals surface area contributed by atoms with E-state index in [2.05, 4.69) is 16.0 Å². The first kappa shape index (κ1) is 52.8. The number of amides is 21. The Morgan fingerprint density at radius 3 is 0.729 bits per heavy atom. The summed E-state index contributed by atoms with van der Waals surface area (Å²) in [5.74, 6) is -23.9. The van der Waals surface area contributed by atoms with E-state index >= 15 is 0 Å². The van der Waals surface area contributed by atoms with Gasteiger partial charge in [0.15, 0.2) is 0 Å². The van der Waals surface area contributed by atoms with Gasteiger partial charge in [0.2, 0.25) is 82.7 Å². The number of piperidine rings is 7. The van der Waals surface area contributed by atoms with Crippen LogP contribution in [0.25, 0.3) is 0 Å². The molecule has 21 amide bonds. The summed E-state index contributed by atoms with van der Waals surface area (Å²) in [6, 6.07) is -6.10. The number of fused-ring (bicyclic) bond motifs is 7. The minimum absolute atomic E-state index is 0.000625. The molecule has 7 saturated heterocycles. The largest absolute Gasteiger partial charge is 0.398 e. The number of carbonyl (C=O) groups excluding carboxylic acids is 21. The van der Waals surface area contributed by atoms with Gasteiger partial charge in [-0.1, -0.05) is 42.4 Å². The molecule has 14 aliphatic heterocycles. The van der Waals surface area contributed by atoms with E-state index in [1.165, 1.54) is 88.7 Å². The second-order valence-electron chi connectivity index (χ2n) is 28.7. The van der Waals surface area contributed by atoms with Gasteiger partial charge < -0.3 is 74.4 Å². The maximum absolute atomic E-state index is 12.8. The van der Waals surface area contributed by atoms with Crippen LogP contribution in [0.2, 0.25) is 0 Å². The van der Waals surface area contributed by atoms with Crippen LogP contribution < -0.4 is 77.4 Å². The van der Waals surface area contributed by atoms with E-state index < -0.39 is 344 Å². The van der Waals surface area contributed by atoms with E-state index in [4.69, 9.17) is 96.3 Å². The fraction of sp³-hybridized carbons (Fsp3) is 0.308. The molecule has 7 fully saturated rings. The number of nitrogens with zero attached hydrogens (tertiary/aromatic N) is 7. The first-order valence-corrected chi connectivity index (χ1v) is 38.4. The minimum Gasteiger partial charge on any atom is -0.398 e.